The van der Waals surface area contributed by atoms with Gasteiger partial charge < -0.3 is 0 Å². The summed E-state index contributed by atoms with van der Waals surface area (Å²) in [7, 11) is 0. The van der Waals surface area contributed by atoms with Gasteiger partial charge in [0.2, 0.25) is 0 Å². The number of aryl methyl sites for hydroxylation is 1. The minimum absolute atomic E-state index is 1.04. The number of nitrogens with zero attached hydrogens (tertiary/aromatic N) is 3. The molecule has 88 valence electrons. The summed E-state index contributed by atoms with van der Waals surface area (Å²) in [5.41, 5.74) is 2.29. The van der Waals surface area contributed by atoms with Crippen molar-refractivity contribution >= 4 is 0 Å². The SMILES string of the molecule is CC.CC.Cc1ccc(-n2ccnn2)cc1. The Morgan fingerprint density at radius 1 is 0.938 bits per heavy atom. The van der Waals surface area contributed by atoms with Gasteiger partial charge in [-0.3, -0.25) is 0 Å². The van der Waals surface area contributed by atoms with Crippen molar-refractivity contribution < 1.29 is 0 Å². The van der Waals surface area contributed by atoms with Crippen LogP contribution in [0.4, 0.5) is 0 Å². The summed E-state index contributed by atoms with van der Waals surface area (Å²) < 4.78 is 1.74. The number of hydrogen-bond acceptors (Lipinski definition) is 2. The third-order valence-electron chi connectivity index (χ3n) is 1.72. The monoisotopic (exact) mass is 219 g/mol. The van der Waals surface area contributed by atoms with E-state index < -0.39 is 0 Å². The Morgan fingerprint density at radius 3 is 1.94 bits per heavy atom. The Hall–Kier alpha value is -1.64. The summed E-state index contributed by atoms with van der Waals surface area (Å²) in [6.07, 6.45) is 3.49. The summed E-state index contributed by atoms with van der Waals surface area (Å²) in [5.74, 6) is 0. The normalized spacial score (nSPS) is 8.31. The van der Waals surface area contributed by atoms with Crippen molar-refractivity contribution in [2.75, 3.05) is 0 Å². The molecule has 1 aromatic heterocycles. The van der Waals surface area contributed by atoms with Crippen LogP contribution in [0, 0.1) is 6.92 Å². The molecule has 0 amide bonds. The Kier molecular flexibility index (Phi) is 7.76. The number of hydrogen-bond donors (Lipinski definition) is 0. The Bertz CT molecular complexity index is 349. The van der Waals surface area contributed by atoms with Gasteiger partial charge in [0.25, 0.3) is 0 Å². The van der Waals surface area contributed by atoms with Crippen molar-refractivity contribution in [1.82, 2.24) is 15.0 Å². The zero-order valence-corrected chi connectivity index (χ0v) is 10.8. The average Bonchev–Trinajstić information content (AvgIpc) is 2.89. The van der Waals surface area contributed by atoms with E-state index in [0.29, 0.717) is 0 Å². The number of rotatable bonds is 1. The average molecular weight is 219 g/mol. The van der Waals surface area contributed by atoms with Crippen LogP contribution < -0.4 is 0 Å². The molecule has 3 heteroatoms. The Labute approximate surface area is 98.1 Å². The van der Waals surface area contributed by atoms with Gasteiger partial charge in [0.15, 0.2) is 0 Å². The van der Waals surface area contributed by atoms with Crippen LogP contribution in [0.15, 0.2) is 36.7 Å². The first-order valence-electron chi connectivity index (χ1n) is 5.79. The van der Waals surface area contributed by atoms with Crippen LogP contribution in [-0.4, -0.2) is 15.0 Å². The van der Waals surface area contributed by atoms with Gasteiger partial charge >= 0.3 is 0 Å². The van der Waals surface area contributed by atoms with Crippen LogP contribution in [0.25, 0.3) is 5.69 Å². The third kappa shape index (κ3) is 4.26. The molecule has 0 fully saturated rings. The maximum Gasteiger partial charge on any atom is 0.0697 e. The molecular formula is C13H21N3. The fourth-order valence-electron chi connectivity index (χ4n) is 1.04. The van der Waals surface area contributed by atoms with Gasteiger partial charge in [-0.1, -0.05) is 50.6 Å². The quantitative estimate of drug-likeness (QED) is 0.733. The second-order valence-corrected chi connectivity index (χ2v) is 2.68. The van der Waals surface area contributed by atoms with E-state index in [4.69, 9.17) is 0 Å². The first kappa shape index (κ1) is 14.4. The van der Waals surface area contributed by atoms with E-state index >= 15 is 0 Å². The van der Waals surface area contributed by atoms with E-state index in [1.165, 1.54) is 5.56 Å². The topological polar surface area (TPSA) is 30.7 Å². The van der Waals surface area contributed by atoms with Crippen LogP contribution in [0.3, 0.4) is 0 Å². The zero-order chi connectivity index (χ0) is 12.4. The highest BCUT2D eigenvalue weighted by Crippen LogP contribution is 2.06. The molecule has 1 aromatic carbocycles. The van der Waals surface area contributed by atoms with Crippen molar-refractivity contribution in [2.24, 2.45) is 0 Å². The van der Waals surface area contributed by atoms with Gasteiger partial charge in [-0.25, -0.2) is 4.68 Å². The van der Waals surface area contributed by atoms with Crippen LogP contribution >= 0.6 is 0 Å². The van der Waals surface area contributed by atoms with Gasteiger partial charge in [0, 0.05) is 0 Å². The fraction of sp³-hybridized carbons (Fsp3) is 0.385. The van der Waals surface area contributed by atoms with Crippen molar-refractivity contribution in [3.63, 3.8) is 0 Å². The number of benzene rings is 1. The largest absolute Gasteiger partial charge is 0.221 e. The molecule has 0 aliphatic carbocycles. The van der Waals surface area contributed by atoms with E-state index in [2.05, 4.69) is 29.4 Å². The summed E-state index contributed by atoms with van der Waals surface area (Å²) >= 11 is 0. The first-order chi connectivity index (χ1) is 7.86. The van der Waals surface area contributed by atoms with Gasteiger partial charge in [-0.05, 0) is 19.1 Å². The minimum atomic E-state index is 1.04. The first-order valence-corrected chi connectivity index (χ1v) is 5.79. The van der Waals surface area contributed by atoms with Crippen molar-refractivity contribution in [3.8, 4) is 5.69 Å². The molecule has 0 bridgehead atoms. The highest BCUT2D eigenvalue weighted by atomic mass is 15.4. The van der Waals surface area contributed by atoms with E-state index in [-0.39, 0.29) is 0 Å². The van der Waals surface area contributed by atoms with Crippen molar-refractivity contribution in [2.45, 2.75) is 34.6 Å². The summed E-state index contributed by atoms with van der Waals surface area (Å²) in [4.78, 5) is 0. The lowest BCUT2D eigenvalue weighted by atomic mass is 10.2. The summed E-state index contributed by atoms with van der Waals surface area (Å²) in [5, 5.41) is 7.62. The molecular weight excluding hydrogens is 198 g/mol. The molecule has 3 nitrogen and oxygen atoms in total. The lowest BCUT2D eigenvalue weighted by Gasteiger charge is -1.98. The zero-order valence-electron chi connectivity index (χ0n) is 10.8. The van der Waals surface area contributed by atoms with E-state index in [1.54, 1.807) is 10.9 Å². The predicted octanol–water partition coefficient (Wildman–Crippen LogP) is 3.63. The number of aromatic nitrogens is 3. The molecule has 0 saturated heterocycles. The van der Waals surface area contributed by atoms with Crippen LogP contribution in [-0.2, 0) is 0 Å². The van der Waals surface area contributed by atoms with E-state index in [1.807, 2.05) is 46.0 Å². The van der Waals surface area contributed by atoms with E-state index in [9.17, 15) is 0 Å². The smallest absolute Gasteiger partial charge is 0.0697 e. The summed E-state index contributed by atoms with van der Waals surface area (Å²) in [6, 6.07) is 8.14. The second-order valence-electron chi connectivity index (χ2n) is 2.68. The maximum absolute atomic E-state index is 3.88. The lowest BCUT2D eigenvalue weighted by Crippen LogP contribution is -1.94. The molecule has 0 spiro atoms. The molecule has 16 heavy (non-hydrogen) atoms. The molecule has 1 heterocycles. The second kappa shape index (κ2) is 8.65. The predicted molar refractivity (Wildman–Crippen MR) is 68.8 cm³/mol. The third-order valence-corrected chi connectivity index (χ3v) is 1.72. The van der Waals surface area contributed by atoms with Crippen molar-refractivity contribution in [1.29, 1.82) is 0 Å². The molecule has 0 saturated carbocycles. The Balaban J connectivity index is 0.000000509. The van der Waals surface area contributed by atoms with Gasteiger partial charge in [-0.15, -0.1) is 5.10 Å². The highest BCUT2D eigenvalue weighted by molar-refractivity contribution is 5.32. The molecule has 0 N–H and O–H groups in total. The van der Waals surface area contributed by atoms with Gasteiger partial charge in [0.05, 0.1) is 18.1 Å². The minimum Gasteiger partial charge on any atom is -0.221 e. The Morgan fingerprint density at radius 2 is 1.50 bits per heavy atom. The summed E-state index contributed by atoms with van der Waals surface area (Å²) in [6.45, 7) is 10.1. The molecule has 2 aromatic rings. The molecule has 0 atom stereocenters. The molecule has 0 aliphatic heterocycles. The lowest BCUT2D eigenvalue weighted by molar-refractivity contribution is 0.803. The molecule has 0 unspecified atom stereocenters. The highest BCUT2D eigenvalue weighted by Gasteiger charge is 1.93. The molecule has 0 radical (unpaired) electrons. The van der Waals surface area contributed by atoms with E-state index in [0.717, 1.165) is 5.69 Å². The molecule has 0 aliphatic rings. The van der Waals surface area contributed by atoms with Crippen LogP contribution in [0.1, 0.15) is 33.3 Å². The van der Waals surface area contributed by atoms with Gasteiger partial charge in [0.1, 0.15) is 0 Å². The van der Waals surface area contributed by atoms with Crippen LogP contribution in [0.5, 0.6) is 0 Å². The standard InChI is InChI=1S/C9H9N3.2C2H6/c1-8-2-4-9(5-3-8)12-7-6-10-11-12;2*1-2/h2-7H,1H3;2*1-2H3. The fourth-order valence-corrected chi connectivity index (χ4v) is 1.04. The maximum atomic E-state index is 3.88. The van der Waals surface area contributed by atoms with Gasteiger partial charge in [-0.2, -0.15) is 0 Å². The molecule has 2 rings (SSSR count). The van der Waals surface area contributed by atoms with Crippen LogP contribution in [0.2, 0.25) is 0 Å². The van der Waals surface area contributed by atoms with Crippen molar-refractivity contribution in [3.05, 3.63) is 42.2 Å².